The quantitative estimate of drug-likeness (QED) is 0.471. The largest absolute Gasteiger partial charge is 0.341 e. The molecule has 1 aliphatic heterocycles. The Bertz CT molecular complexity index is 1140. The highest BCUT2D eigenvalue weighted by atomic mass is 35.5. The number of carbonyl (C=O) groups excluding carboxylic acids is 2. The number of hydrogen-bond donors (Lipinski definition) is 0. The lowest BCUT2D eigenvalue weighted by Crippen LogP contribution is -2.48. The van der Waals surface area contributed by atoms with Crippen molar-refractivity contribution < 1.29 is 14.1 Å². The molecule has 184 valence electrons. The Labute approximate surface area is 210 Å². The van der Waals surface area contributed by atoms with E-state index in [2.05, 4.69) is 22.0 Å². The lowest BCUT2D eigenvalue weighted by molar-refractivity contribution is 0.0637. The zero-order valence-electron chi connectivity index (χ0n) is 20.1. The van der Waals surface area contributed by atoms with Crippen LogP contribution < -0.4 is 0 Å². The zero-order chi connectivity index (χ0) is 24.8. The molecular weight excluding hydrogens is 466 g/mol. The standard InChI is InChI=1S/C26H30ClN5O3/c1-3-13-31-15-17-32(18-16-31)26(34)21-6-4-19(5-7-21)24-28-23(29-35-24)12-14-30(2)25(33)20-8-10-22(27)11-9-20/h4-11H,3,12-18H2,1-2H3. The highest BCUT2D eigenvalue weighted by Crippen LogP contribution is 2.19. The fourth-order valence-electron chi connectivity index (χ4n) is 4.08. The minimum atomic E-state index is -0.0996. The van der Waals surface area contributed by atoms with Gasteiger partial charge in [0.2, 0.25) is 0 Å². The number of aromatic nitrogens is 2. The number of carbonyl (C=O) groups is 2. The normalized spacial score (nSPS) is 14.2. The van der Waals surface area contributed by atoms with Gasteiger partial charge in [-0.15, -0.1) is 0 Å². The van der Waals surface area contributed by atoms with Gasteiger partial charge in [-0.25, -0.2) is 0 Å². The molecular formula is C26H30ClN5O3. The fourth-order valence-corrected chi connectivity index (χ4v) is 4.21. The summed E-state index contributed by atoms with van der Waals surface area (Å²) in [7, 11) is 1.73. The van der Waals surface area contributed by atoms with E-state index >= 15 is 0 Å². The summed E-state index contributed by atoms with van der Waals surface area (Å²) in [5.74, 6) is 0.851. The van der Waals surface area contributed by atoms with E-state index in [-0.39, 0.29) is 11.8 Å². The number of piperazine rings is 1. The molecule has 4 rings (SSSR count). The van der Waals surface area contributed by atoms with Crippen LogP contribution in [-0.4, -0.2) is 83.0 Å². The molecule has 0 bridgehead atoms. The molecule has 1 saturated heterocycles. The molecule has 1 aromatic heterocycles. The first-order chi connectivity index (χ1) is 16.9. The van der Waals surface area contributed by atoms with Gasteiger partial charge in [0.1, 0.15) is 0 Å². The Kier molecular flexibility index (Phi) is 8.15. The summed E-state index contributed by atoms with van der Waals surface area (Å²) in [4.78, 5) is 35.8. The van der Waals surface area contributed by atoms with Gasteiger partial charge in [-0.3, -0.25) is 14.5 Å². The maximum Gasteiger partial charge on any atom is 0.257 e. The van der Waals surface area contributed by atoms with Crippen molar-refractivity contribution in [2.45, 2.75) is 19.8 Å². The van der Waals surface area contributed by atoms with E-state index < -0.39 is 0 Å². The van der Waals surface area contributed by atoms with Crippen molar-refractivity contribution >= 4 is 23.4 Å². The second-order valence-corrected chi connectivity index (χ2v) is 9.15. The highest BCUT2D eigenvalue weighted by molar-refractivity contribution is 6.30. The van der Waals surface area contributed by atoms with Crippen LogP contribution in [0, 0.1) is 0 Å². The Balaban J connectivity index is 1.31. The maximum absolute atomic E-state index is 12.9. The molecule has 2 aromatic carbocycles. The van der Waals surface area contributed by atoms with Crippen LogP contribution in [0.1, 0.15) is 39.9 Å². The minimum absolute atomic E-state index is 0.0484. The van der Waals surface area contributed by atoms with Crippen LogP contribution in [0.15, 0.2) is 53.1 Å². The van der Waals surface area contributed by atoms with E-state index in [0.29, 0.717) is 40.8 Å². The van der Waals surface area contributed by atoms with E-state index in [1.165, 1.54) is 0 Å². The van der Waals surface area contributed by atoms with Gasteiger partial charge in [0.25, 0.3) is 17.7 Å². The number of benzene rings is 2. The third kappa shape index (κ3) is 6.26. The number of halogens is 1. The molecule has 1 fully saturated rings. The lowest BCUT2D eigenvalue weighted by atomic mass is 10.1. The molecule has 2 heterocycles. The van der Waals surface area contributed by atoms with Crippen molar-refractivity contribution in [3.63, 3.8) is 0 Å². The van der Waals surface area contributed by atoms with Gasteiger partial charge >= 0.3 is 0 Å². The molecule has 0 unspecified atom stereocenters. The molecule has 2 amide bonds. The Morgan fingerprint density at radius 1 is 1.00 bits per heavy atom. The molecule has 35 heavy (non-hydrogen) atoms. The summed E-state index contributed by atoms with van der Waals surface area (Å²) < 4.78 is 5.41. The van der Waals surface area contributed by atoms with E-state index in [1.54, 1.807) is 48.3 Å². The van der Waals surface area contributed by atoms with Crippen molar-refractivity contribution in [2.75, 3.05) is 46.3 Å². The van der Waals surface area contributed by atoms with Crippen molar-refractivity contribution in [2.24, 2.45) is 0 Å². The number of rotatable bonds is 8. The summed E-state index contributed by atoms with van der Waals surface area (Å²) in [6.45, 7) is 7.04. The minimum Gasteiger partial charge on any atom is -0.341 e. The third-order valence-corrected chi connectivity index (χ3v) is 6.41. The smallest absolute Gasteiger partial charge is 0.257 e. The molecule has 3 aromatic rings. The molecule has 9 heteroatoms. The average Bonchev–Trinajstić information content (AvgIpc) is 3.37. The van der Waals surface area contributed by atoms with Gasteiger partial charge < -0.3 is 14.3 Å². The second-order valence-electron chi connectivity index (χ2n) is 8.71. The molecule has 0 radical (unpaired) electrons. The van der Waals surface area contributed by atoms with Gasteiger partial charge in [-0.2, -0.15) is 4.98 Å². The number of likely N-dealkylation sites (N-methyl/N-ethyl adjacent to an activating group) is 1. The first-order valence-corrected chi connectivity index (χ1v) is 12.3. The summed E-state index contributed by atoms with van der Waals surface area (Å²) in [5, 5.41) is 4.63. The van der Waals surface area contributed by atoms with E-state index in [1.807, 2.05) is 17.0 Å². The summed E-state index contributed by atoms with van der Waals surface area (Å²) in [6, 6.07) is 14.1. The number of hydrogen-bond acceptors (Lipinski definition) is 6. The average molecular weight is 496 g/mol. The van der Waals surface area contributed by atoms with Gasteiger partial charge in [-0.1, -0.05) is 23.7 Å². The maximum atomic E-state index is 12.9. The Morgan fingerprint density at radius 2 is 1.66 bits per heavy atom. The van der Waals surface area contributed by atoms with Gasteiger partial charge in [0.05, 0.1) is 0 Å². The second kappa shape index (κ2) is 11.5. The topological polar surface area (TPSA) is 82.8 Å². The molecule has 1 aliphatic rings. The first kappa shape index (κ1) is 24.9. The molecule has 0 spiro atoms. The monoisotopic (exact) mass is 495 g/mol. The Morgan fingerprint density at radius 3 is 2.31 bits per heavy atom. The van der Waals surface area contributed by atoms with Gasteiger partial charge in [0, 0.05) is 67.9 Å². The molecule has 0 atom stereocenters. The van der Waals surface area contributed by atoms with E-state index in [9.17, 15) is 9.59 Å². The van der Waals surface area contributed by atoms with E-state index in [0.717, 1.165) is 44.7 Å². The van der Waals surface area contributed by atoms with Crippen molar-refractivity contribution in [3.05, 3.63) is 70.5 Å². The van der Waals surface area contributed by atoms with Crippen LogP contribution in [0.4, 0.5) is 0 Å². The van der Waals surface area contributed by atoms with Crippen LogP contribution in [0.2, 0.25) is 5.02 Å². The summed E-state index contributed by atoms with van der Waals surface area (Å²) >= 11 is 5.89. The molecule has 0 aliphatic carbocycles. The predicted molar refractivity (Wildman–Crippen MR) is 134 cm³/mol. The van der Waals surface area contributed by atoms with Crippen molar-refractivity contribution in [3.8, 4) is 11.5 Å². The predicted octanol–water partition coefficient (Wildman–Crippen LogP) is 3.87. The van der Waals surface area contributed by atoms with Crippen LogP contribution in [-0.2, 0) is 6.42 Å². The fraction of sp³-hybridized carbons (Fsp3) is 0.385. The van der Waals surface area contributed by atoms with E-state index in [4.69, 9.17) is 16.1 Å². The summed E-state index contributed by atoms with van der Waals surface area (Å²) in [6.07, 6.45) is 1.59. The lowest BCUT2D eigenvalue weighted by Gasteiger charge is -2.34. The summed E-state index contributed by atoms with van der Waals surface area (Å²) in [5.41, 5.74) is 1.97. The van der Waals surface area contributed by atoms with Crippen LogP contribution in [0.25, 0.3) is 11.5 Å². The van der Waals surface area contributed by atoms with Gasteiger partial charge in [0.15, 0.2) is 5.82 Å². The number of amides is 2. The molecule has 0 saturated carbocycles. The van der Waals surface area contributed by atoms with Crippen molar-refractivity contribution in [1.29, 1.82) is 0 Å². The highest BCUT2D eigenvalue weighted by Gasteiger charge is 2.22. The zero-order valence-corrected chi connectivity index (χ0v) is 20.9. The molecule has 8 nitrogen and oxygen atoms in total. The SMILES string of the molecule is CCCN1CCN(C(=O)c2ccc(-c3nc(CCN(C)C(=O)c4ccc(Cl)cc4)no3)cc2)CC1. The first-order valence-electron chi connectivity index (χ1n) is 11.9. The molecule has 0 N–H and O–H groups in total. The van der Waals surface area contributed by atoms with Gasteiger partial charge in [-0.05, 0) is 61.5 Å². The number of nitrogens with zero attached hydrogens (tertiary/aromatic N) is 5. The van der Waals surface area contributed by atoms with Crippen molar-refractivity contribution in [1.82, 2.24) is 24.8 Å². The van der Waals surface area contributed by atoms with Crippen LogP contribution >= 0.6 is 11.6 Å². The van der Waals surface area contributed by atoms with Crippen LogP contribution in [0.5, 0.6) is 0 Å². The Hall–Kier alpha value is -3.23. The third-order valence-electron chi connectivity index (χ3n) is 6.15. The van der Waals surface area contributed by atoms with Crippen LogP contribution in [0.3, 0.4) is 0 Å².